The molecule has 112 valence electrons. The largest absolute Gasteiger partial charge is 0.314 e. The van der Waals surface area contributed by atoms with E-state index >= 15 is 0 Å². The minimum atomic E-state index is -0.716. The summed E-state index contributed by atoms with van der Waals surface area (Å²) in [6, 6.07) is 3.31. The fraction of sp³-hybridized carbons (Fsp3) is 0.625. The fourth-order valence-corrected chi connectivity index (χ4v) is 3.02. The molecule has 0 amide bonds. The van der Waals surface area contributed by atoms with Gasteiger partial charge in [0, 0.05) is 37.8 Å². The molecule has 1 aromatic carbocycles. The van der Waals surface area contributed by atoms with Gasteiger partial charge in [0.25, 0.3) is 0 Å². The Kier molecular flexibility index (Phi) is 4.45. The Morgan fingerprint density at radius 1 is 1.10 bits per heavy atom. The first-order chi connectivity index (χ1) is 9.32. The lowest BCUT2D eigenvalue weighted by atomic mass is 9.80. The summed E-state index contributed by atoms with van der Waals surface area (Å²) in [5.41, 5.74) is 0.682. The van der Waals surface area contributed by atoms with Crippen LogP contribution in [0.3, 0.4) is 0 Å². The summed E-state index contributed by atoms with van der Waals surface area (Å²) < 4.78 is 28.3. The molecule has 0 saturated carbocycles. The van der Waals surface area contributed by atoms with Crippen molar-refractivity contribution in [3.05, 3.63) is 34.9 Å². The molecule has 0 aromatic heterocycles. The minimum Gasteiger partial charge on any atom is -0.314 e. The van der Waals surface area contributed by atoms with Crippen LogP contribution in [0.15, 0.2) is 12.1 Å². The van der Waals surface area contributed by atoms with Crippen LogP contribution in [0.4, 0.5) is 8.78 Å². The van der Waals surface area contributed by atoms with E-state index in [9.17, 15) is 8.78 Å². The molecule has 1 aromatic rings. The smallest absolute Gasteiger partial charge is 0.163 e. The van der Waals surface area contributed by atoms with Crippen molar-refractivity contribution in [2.75, 3.05) is 26.2 Å². The molecule has 0 unspecified atom stereocenters. The quantitative estimate of drug-likeness (QED) is 0.895. The lowest BCUT2D eigenvalue weighted by molar-refractivity contribution is 0.0828. The van der Waals surface area contributed by atoms with E-state index in [2.05, 4.69) is 31.0 Å². The number of aryl methyl sites for hydroxylation is 1. The first kappa shape index (κ1) is 15.4. The van der Waals surface area contributed by atoms with Crippen LogP contribution >= 0.6 is 0 Å². The molecule has 1 saturated heterocycles. The second-order valence-corrected chi connectivity index (χ2v) is 6.65. The van der Waals surface area contributed by atoms with Crippen molar-refractivity contribution >= 4 is 0 Å². The molecule has 0 bridgehead atoms. The summed E-state index contributed by atoms with van der Waals surface area (Å²) in [4.78, 5) is 2.25. The number of hydrogen-bond donors (Lipinski definition) is 1. The van der Waals surface area contributed by atoms with Crippen molar-refractivity contribution in [3.8, 4) is 0 Å². The monoisotopic (exact) mass is 282 g/mol. The summed E-state index contributed by atoms with van der Waals surface area (Å²) in [5, 5.41) is 3.30. The lowest BCUT2D eigenvalue weighted by Gasteiger charge is -2.42. The maximum Gasteiger partial charge on any atom is 0.163 e. The number of nitrogens with zero attached hydrogens (tertiary/aromatic N) is 1. The Morgan fingerprint density at radius 3 is 2.25 bits per heavy atom. The predicted octanol–water partition coefficient (Wildman–Crippen LogP) is 3.27. The highest BCUT2D eigenvalue weighted by Crippen LogP contribution is 2.39. The molecule has 2 rings (SSSR count). The lowest BCUT2D eigenvalue weighted by Crippen LogP contribution is -2.48. The van der Waals surface area contributed by atoms with Crippen LogP contribution in [0.2, 0.25) is 0 Å². The summed E-state index contributed by atoms with van der Waals surface area (Å²) in [6.45, 7) is 11.3. The summed E-state index contributed by atoms with van der Waals surface area (Å²) in [7, 11) is 0. The molecular formula is C16H24F2N2. The highest BCUT2D eigenvalue weighted by Gasteiger charge is 2.35. The van der Waals surface area contributed by atoms with Gasteiger partial charge in [-0.1, -0.05) is 32.9 Å². The molecule has 4 heteroatoms. The van der Waals surface area contributed by atoms with Gasteiger partial charge >= 0.3 is 0 Å². The van der Waals surface area contributed by atoms with Crippen LogP contribution in [0.5, 0.6) is 0 Å². The molecular weight excluding hydrogens is 258 g/mol. The van der Waals surface area contributed by atoms with Crippen molar-refractivity contribution in [1.29, 1.82) is 0 Å². The highest BCUT2D eigenvalue weighted by atomic mass is 19.2. The van der Waals surface area contributed by atoms with Crippen LogP contribution < -0.4 is 5.32 Å². The Morgan fingerprint density at radius 2 is 1.70 bits per heavy atom. The summed E-state index contributed by atoms with van der Waals surface area (Å²) in [5.74, 6) is -1.41. The molecule has 1 atom stereocenters. The third kappa shape index (κ3) is 3.01. The van der Waals surface area contributed by atoms with Gasteiger partial charge in [-0.15, -0.1) is 0 Å². The minimum absolute atomic E-state index is 0.111. The number of nitrogens with one attached hydrogen (secondary N) is 1. The van der Waals surface area contributed by atoms with Gasteiger partial charge in [-0.2, -0.15) is 0 Å². The second kappa shape index (κ2) is 5.78. The van der Waals surface area contributed by atoms with E-state index in [1.807, 2.05) is 0 Å². The molecule has 20 heavy (non-hydrogen) atoms. The molecule has 0 aliphatic carbocycles. The van der Waals surface area contributed by atoms with Crippen LogP contribution in [-0.4, -0.2) is 31.1 Å². The van der Waals surface area contributed by atoms with Gasteiger partial charge in [-0.05, 0) is 17.9 Å². The van der Waals surface area contributed by atoms with Crippen LogP contribution in [-0.2, 0) is 0 Å². The number of benzene rings is 1. The van der Waals surface area contributed by atoms with Gasteiger partial charge in [0.1, 0.15) is 0 Å². The number of hydrogen-bond acceptors (Lipinski definition) is 2. The Labute approximate surface area is 120 Å². The number of halogens is 2. The molecule has 1 heterocycles. The van der Waals surface area contributed by atoms with Crippen LogP contribution in [0.25, 0.3) is 0 Å². The van der Waals surface area contributed by atoms with E-state index < -0.39 is 11.6 Å². The predicted molar refractivity (Wildman–Crippen MR) is 77.7 cm³/mol. The van der Waals surface area contributed by atoms with Crippen LogP contribution in [0, 0.1) is 24.0 Å². The first-order valence-corrected chi connectivity index (χ1v) is 7.21. The Bertz CT molecular complexity index is 474. The van der Waals surface area contributed by atoms with Crippen molar-refractivity contribution in [3.63, 3.8) is 0 Å². The van der Waals surface area contributed by atoms with E-state index in [-0.39, 0.29) is 11.5 Å². The number of piperazine rings is 1. The Hall–Kier alpha value is -1.00. The van der Waals surface area contributed by atoms with E-state index in [0.29, 0.717) is 11.1 Å². The number of rotatable bonds is 2. The van der Waals surface area contributed by atoms with Gasteiger partial charge in [-0.3, -0.25) is 4.90 Å². The molecule has 1 fully saturated rings. The third-order valence-corrected chi connectivity index (χ3v) is 3.94. The van der Waals surface area contributed by atoms with E-state index in [1.165, 1.54) is 0 Å². The van der Waals surface area contributed by atoms with Gasteiger partial charge in [0.05, 0.1) is 0 Å². The van der Waals surface area contributed by atoms with Gasteiger partial charge in [0.15, 0.2) is 11.6 Å². The van der Waals surface area contributed by atoms with Gasteiger partial charge < -0.3 is 5.32 Å². The van der Waals surface area contributed by atoms with E-state index in [4.69, 9.17) is 0 Å². The molecule has 0 radical (unpaired) electrons. The SMILES string of the molecule is Cc1ccc([C@H](N2CCNCC2)C(C)(C)C)c(F)c1F. The molecule has 1 N–H and O–H groups in total. The zero-order chi connectivity index (χ0) is 14.9. The van der Waals surface area contributed by atoms with Crippen molar-refractivity contribution in [1.82, 2.24) is 10.2 Å². The van der Waals surface area contributed by atoms with Crippen LogP contribution in [0.1, 0.15) is 37.9 Å². The van der Waals surface area contributed by atoms with E-state index in [0.717, 1.165) is 26.2 Å². The zero-order valence-electron chi connectivity index (χ0n) is 12.8. The molecule has 0 spiro atoms. The second-order valence-electron chi connectivity index (χ2n) is 6.65. The topological polar surface area (TPSA) is 15.3 Å². The van der Waals surface area contributed by atoms with E-state index in [1.54, 1.807) is 19.1 Å². The Balaban J connectivity index is 2.44. The van der Waals surface area contributed by atoms with Crippen molar-refractivity contribution in [2.45, 2.75) is 33.7 Å². The summed E-state index contributed by atoms with van der Waals surface area (Å²) in [6.07, 6.45) is 0. The normalized spacial score (nSPS) is 19.1. The fourth-order valence-electron chi connectivity index (χ4n) is 3.02. The van der Waals surface area contributed by atoms with Crippen molar-refractivity contribution < 1.29 is 8.78 Å². The van der Waals surface area contributed by atoms with Gasteiger partial charge in [-0.25, -0.2) is 8.78 Å². The third-order valence-electron chi connectivity index (χ3n) is 3.94. The molecule has 2 nitrogen and oxygen atoms in total. The molecule has 1 aliphatic heterocycles. The highest BCUT2D eigenvalue weighted by molar-refractivity contribution is 5.29. The molecule has 1 aliphatic rings. The maximum absolute atomic E-state index is 14.4. The standard InChI is InChI=1S/C16H24F2N2/c1-11-5-6-12(14(18)13(11)17)15(16(2,3)4)20-9-7-19-8-10-20/h5-6,15,19H,7-10H2,1-4H3/t15-/m0/s1. The maximum atomic E-state index is 14.4. The summed E-state index contributed by atoms with van der Waals surface area (Å²) >= 11 is 0. The average molecular weight is 282 g/mol. The van der Waals surface area contributed by atoms with Gasteiger partial charge in [0.2, 0.25) is 0 Å². The average Bonchev–Trinajstić information content (AvgIpc) is 2.39. The zero-order valence-corrected chi connectivity index (χ0v) is 12.8. The first-order valence-electron chi connectivity index (χ1n) is 7.21. The van der Waals surface area contributed by atoms with Crippen molar-refractivity contribution in [2.24, 2.45) is 5.41 Å².